The van der Waals surface area contributed by atoms with Crippen molar-refractivity contribution in [1.82, 2.24) is 4.98 Å². The molecule has 0 saturated carbocycles. The molecule has 0 amide bonds. The molecule has 1 aromatic heterocycles. The van der Waals surface area contributed by atoms with Crippen molar-refractivity contribution in [1.29, 1.82) is 0 Å². The largest absolute Gasteiger partial charge is 0.443 e. The van der Waals surface area contributed by atoms with E-state index in [-0.39, 0.29) is 24.4 Å². The molecule has 0 radical (unpaired) electrons. The van der Waals surface area contributed by atoms with Crippen LogP contribution >= 0.6 is 11.6 Å². The molecule has 1 heterocycles. The highest BCUT2D eigenvalue weighted by atomic mass is 35.5. The molecule has 0 aliphatic heterocycles. The molecule has 0 unspecified atom stereocenters. The van der Waals surface area contributed by atoms with Crippen molar-refractivity contribution in [2.45, 2.75) is 12.8 Å². The Labute approximate surface area is 137 Å². The summed E-state index contributed by atoms with van der Waals surface area (Å²) >= 11 is 6.24. The Bertz CT molecular complexity index is 814. The standard InChI is InChI=1S/C18H13ClFNO2/c19-17-9-13(3-6-16(17)18-10-21-11-23-18)8-15(22)7-12-1-4-14(20)5-2-12/h1-6,9-11H,7-8H2. The molecule has 2 aromatic carbocycles. The molecule has 116 valence electrons. The summed E-state index contributed by atoms with van der Waals surface area (Å²) in [5.41, 5.74) is 2.35. The van der Waals surface area contributed by atoms with Gasteiger partial charge in [0.05, 0.1) is 11.2 Å². The number of aromatic nitrogens is 1. The molecule has 0 aliphatic carbocycles. The van der Waals surface area contributed by atoms with E-state index in [0.717, 1.165) is 16.7 Å². The van der Waals surface area contributed by atoms with Crippen molar-refractivity contribution in [3.8, 4) is 11.3 Å². The van der Waals surface area contributed by atoms with Gasteiger partial charge in [-0.2, -0.15) is 0 Å². The normalized spacial score (nSPS) is 10.7. The Morgan fingerprint density at radius 1 is 1.09 bits per heavy atom. The predicted octanol–water partition coefficient (Wildman–Crippen LogP) is 4.49. The number of hydrogen-bond acceptors (Lipinski definition) is 3. The average Bonchev–Trinajstić information content (AvgIpc) is 3.04. The molecule has 0 fully saturated rings. The van der Waals surface area contributed by atoms with Crippen LogP contribution in [0.4, 0.5) is 4.39 Å². The van der Waals surface area contributed by atoms with Crippen LogP contribution in [-0.2, 0) is 17.6 Å². The Kier molecular flexibility index (Phi) is 4.53. The minimum atomic E-state index is -0.309. The van der Waals surface area contributed by atoms with Gasteiger partial charge in [0, 0.05) is 18.4 Å². The first kappa shape index (κ1) is 15.4. The molecular formula is C18H13ClFNO2. The maximum Gasteiger partial charge on any atom is 0.181 e. The van der Waals surface area contributed by atoms with Crippen LogP contribution < -0.4 is 0 Å². The molecule has 0 N–H and O–H groups in total. The zero-order chi connectivity index (χ0) is 16.2. The van der Waals surface area contributed by atoms with Gasteiger partial charge < -0.3 is 4.42 Å². The van der Waals surface area contributed by atoms with E-state index < -0.39 is 0 Å². The van der Waals surface area contributed by atoms with E-state index >= 15 is 0 Å². The van der Waals surface area contributed by atoms with Crippen molar-refractivity contribution in [2.24, 2.45) is 0 Å². The number of nitrogens with zero attached hydrogens (tertiary/aromatic N) is 1. The molecule has 23 heavy (non-hydrogen) atoms. The molecule has 5 heteroatoms. The van der Waals surface area contributed by atoms with Gasteiger partial charge in [0.25, 0.3) is 0 Å². The monoisotopic (exact) mass is 329 g/mol. The highest BCUT2D eigenvalue weighted by molar-refractivity contribution is 6.33. The second kappa shape index (κ2) is 6.75. The number of carbonyl (C=O) groups excluding carboxylic acids is 1. The number of carbonyl (C=O) groups is 1. The third kappa shape index (κ3) is 3.85. The predicted molar refractivity (Wildman–Crippen MR) is 85.8 cm³/mol. The van der Waals surface area contributed by atoms with Gasteiger partial charge in [-0.1, -0.05) is 29.8 Å². The Morgan fingerprint density at radius 3 is 2.43 bits per heavy atom. The summed E-state index contributed by atoms with van der Waals surface area (Å²) in [6.45, 7) is 0. The zero-order valence-electron chi connectivity index (χ0n) is 12.1. The molecule has 0 bridgehead atoms. The molecule has 0 aliphatic rings. The van der Waals surface area contributed by atoms with Crippen molar-refractivity contribution in [2.75, 3.05) is 0 Å². The van der Waals surface area contributed by atoms with Crippen LogP contribution in [0.25, 0.3) is 11.3 Å². The fraction of sp³-hybridized carbons (Fsp3) is 0.111. The number of halogens is 2. The van der Waals surface area contributed by atoms with Crippen LogP contribution in [0.3, 0.4) is 0 Å². The second-order valence-electron chi connectivity index (χ2n) is 5.20. The number of benzene rings is 2. The van der Waals surface area contributed by atoms with E-state index in [1.165, 1.54) is 18.5 Å². The number of oxazole rings is 1. The number of Topliss-reactive ketones (excluding diaryl/α,β-unsaturated/α-hetero) is 1. The number of rotatable bonds is 5. The van der Waals surface area contributed by atoms with Crippen molar-refractivity contribution in [3.63, 3.8) is 0 Å². The molecule has 0 atom stereocenters. The Hall–Kier alpha value is -2.46. The lowest BCUT2D eigenvalue weighted by Crippen LogP contribution is -2.06. The maximum atomic E-state index is 12.9. The summed E-state index contributed by atoms with van der Waals surface area (Å²) in [5.74, 6) is 0.315. The Balaban J connectivity index is 1.69. The third-order valence-electron chi connectivity index (χ3n) is 3.45. The number of ketones is 1. The van der Waals surface area contributed by atoms with Gasteiger partial charge >= 0.3 is 0 Å². The summed E-state index contributed by atoms with van der Waals surface area (Å²) < 4.78 is 18.1. The van der Waals surface area contributed by atoms with Gasteiger partial charge in [0.2, 0.25) is 0 Å². The molecule has 3 rings (SSSR count). The minimum Gasteiger partial charge on any atom is -0.443 e. The van der Waals surface area contributed by atoms with Gasteiger partial charge in [0.1, 0.15) is 11.6 Å². The lowest BCUT2D eigenvalue weighted by Gasteiger charge is -2.05. The van der Waals surface area contributed by atoms with Crippen LogP contribution in [0.2, 0.25) is 5.02 Å². The zero-order valence-corrected chi connectivity index (χ0v) is 12.9. The molecule has 3 nitrogen and oxygen atoms in total. The van der Waals surface area contributed by atoms with Gasteiger partial charge in [-0.25, -0.2) is 9.37 Å². The number of hydrogen-bond donors (Lipinski definition) is 0. The fourth-order valence-electron chi connectivity index (χ4n) is 2.34. The van der Waals surface area contributed by atoms with Crippen molar-refractivity contribution < 1.29 is 13.6 Å². The van der Waals surface area contributed by atoms with Gasteiger partial charge in [-0.05, 0) is 35.4 Å². The van der Waals surface area contributed by atoms with Crippen molar-refractivity contribution >= 4 is 17.4 Å². The molecule has 3 aromatic rings. The lowest BCUT2D eigenvalue weighted by molar-refractivity contribution is -0.117. The van der Waals surface area contributed by atoms with E-state index in [9.17, 15) is 9.18 Å². The summed E-state index contributed by atoms with van der Waals surface area (Å²) in [5, 5.41) is 0.508. The van der Waals surface area contributed by atoms with E-state index in [4.69, 9.17) is 16.0 Å². The van der Waals surface area contributed by atoms with E-state index in [2.05, 4.69) is 4.98 Å². The SMILES string of the molecule is O=C(Cc1ccc(F)cc1)Cc1ccc(-c2cnco2)c(Cl)c1. The van der Waals surface area contributed by atoms with E-state index in [0.29, 0.717) is 10.8 Å². The lowest BCUT2D eigenvalue weighted by atomic mass is 10.0. The van der Waals surface area contributed by atoms with Crippen LogP contribution in [0.1, 0.15) is 11.1 Å². The van der Waals surface area contributed by atoms with Crippen LogP contribution in [-0.4, -0.2) is 10.8 Å². The molecule has 0 saturated heterocycles. The van der Waals surface area contributed by atoms with Crippen LogP contribution in [0.5, 0.6) is 0 Å². The van der Waals surface area contributed by atoms with Crippen molar-refractivity contribution in [3.05, 3.63) is 77.0 Å². The molecule has 0 spiro atoms. The first-order valence-electron chi connectivity index (χ1n) is 7.05. The minimum absolute atomic E-state index is 0.0418. The summed E-state index contributed by atoms with van der Waals surface area (Å²) in [6, 6.07) is 11.3. The maximum absolute atomic E-state index is 12.9. The summed E-state index contributed by atoms with van der Waals surface area (Å²) in [4.78, 5) is 16.0. The fourth-order valence-corrected chi connectivity index (χ4v) is 2.63. The summed E-state index contributed by atoms with van der Waals surface area (Å²) in [7, 11) is 0. The van der Waals surface area contributed by atoms with Gasteiger partial charge in [-0.3, -0.25) is 4.79 Å². The topological polar surface area (TPSA) is 43.1 Å². The molecular weight excluding hydrogens is 317 g/mol. The third-order valence-corrected chi connectivity index (χ3v) is 3.76. The average molecular weight is 330 g/mol. The van der Waals surface area contributed by atoms with Gasteiger partial charge in [-0.15, -0.1) is 0 Å². The highest BCUT2D eigenvalue weighted by Gasteiger charge is 2.10. The van der Waals surface area contributed by atoms with Gasteiger partial charge in [0.15, 0.2) is 12.2 Å². The summed E-state index contributed by atoms with van der Waals surface area (Å²) in [6.07, 6.45) is 3.46. The first-order valence-corrected chi connectivity index (χ1v) is 7.43. The quantitative estimate of drug-likeness (QED) is 0.692. The van der Waals surface area contributed by atoms with E-state index in [1.54, 1.807) is 24.4 Å². The highest BCUT2D eigenvalue weighted by Crippen LogP contribution is 2.28. The van der Waals surface area contributed by atoms with E-state index in [1.807, 2.05) is 12.1 Å². The first-order chi connectivity index (χ1) is 11.1. The second-order valence-corrected chi connectivity index (χ2v) is 5.61. The Morgan fingerprint density at radius 2 is 1.78 bits per heavy atom. The van der Waals surface area contributed by atoms with Crippen LogP contribution in [0, 0.1) is 5.82 Å². The van der Waals surface area contributed by atoms with Crippen LogP contribution in [0.15, 0.2) is 59.5 Å². The smallest absolute Gasteiger partial charge is 0.181 e.